The Labute approximate surface area is 111 Å². The van der Waals surface area contributed by atoms with Crippen LogP contribution in [-0.2, 0) is 12.8 Å². The van der Waals surface area contributed by atoms with Gasteiger partial charge in [0.25, 0.3) is 0 Å². The van der Waals surface area contributed by atoms with Crippen LogP contribution in [0.3, 0.4) is 0 Å². The van der Waals surface area contributed by atoms with Crippen molar-refractivity contribution < 1.29 is 4.79 Å². The second-order valence-electron chi connectivity index (χ2n) is 4.82. The van der Waals surface area contributed by atoms with Crippen LogP contribution in [0, 0.1) is 6.92 Å². The molecule has 0 amide bonds. The van der Waals surface area contributed by atoms with Gasteiger partial charge in [-0.1, -0.05) is 29.8 Å². The average Bonchev–Trinajstić information content (AvgIpc) is 2.76. The standard InChI is InChI=1S/C15H15NOS/c1-10-5-7-11(8-6-10)9-14-16-15-12(17)3-2-4-13(15)18-14/h5-8H,2-4,9H2,1H3. The first kappa shape index (κ1) is 11.6. The van der Waals surface area contributed by atoms with Crippen molar-refractivity contribution in [3.63, 3.8) is 0 Å². The molecule has 1 aliphatic rings. The van der Waals surface area contributed by atoms with Crippen molar-refractivity contribution in [2.24, 2.45) is 0 Å². The average molecular weight is 257 g/mol. The van der Waals surface area contributed by atoms with Gasteiger partial charge in [0.1, 0.15) is 5.69 Å². The van der Waals surface area contributed by atoms with Crippen LogP contribution in [0.1, 0.15) is 44.3 Å². The van der Waals surface area contributed by atoms with Crippen molar-refractivity contribution in [2.45, 2.75) is 32.6 Å². The Balaban J connectivity index is 1.85. The maximum absolute atomic E-state index is 11.7. The summed E-state index contributed by atoms with van der Waals surface area (Å²) in [6, 6.07) is 8.51. The van der Waals surface area contributed by atoms with Crippen LogP contribution in [-0.4, -0.2) is 10.8 Å². The molecule has 0 N–H and O–H groups in total. The van der Waals surface area contributed by atoms with E-state index in [9.17, 15) is 4.79 Å². The smallest absolute Gasteiger partial charge is 0.182 e. The molecular formula is C15H15NOS. The number of aromatic nitrogens is 1. The predicted molar refractivity (Wildman–Crippen MR) is 73.4 cm³/mol. The van der Waals surface area contributed by atoms with Gasteiger partial charge in [0.2, 0.25) is 0 Å². The molecule has 1 aliphatic carbocycles. The zero-order chi connectivity index (χ0) is 12.5. The highest BCUT2D eigenvalue weighted by atomic mass is 32.1. The van der Waals surface area contributed by atoms with Crippen molar-refractivity contribution in [1.29, 1.82) is 0 Å². The Bertz CT molecular complexity index is 583. The van der Waals surface area contributed by atoms with E-state index in [2.05, 4.69) is 36.2 Å². The molecule has 1 heterocycles. The maximum atomic E-state index is 11.7. The minimum absolute atomic E-state index is 0.225. The highest BCUT2D eigenvalue weighted by Gasteiger charge is 2.21. The molecule has 1 aromatic heterocycles. The number of ketones is 1. The fourth-order valence-corrected chi connectivity index (χ4v) is 3.43. The van der Waals surface area contributed by atoms with E-state index in [1.807, 2.05) is 0 Å². The number of carbonyl (C=O) groups excluding carboxylic acids is 1. The summed E-state index contributed by atoms with van der Waals surface area (Å²) in [4.78, 5) is 17.4. The van der Waals surface area contributed by atoms with Gasteiger partial charge >= 0.3 is 0 Å². The van der Waals surface area contributed by atoms with Crippen molar-refractivity contribution in [3.05, 3.63) is 51.0 Å². The second kappa shape index (κ2) is 4.65. The molecule has 1 aromatic carbocycles. The minimum Gasteiger partial charge on any atom is -0.292 e. The lowest BCUT2D eigenvalue weighted by molar-refractivity contribution is 0.0968. The van der Waals surface area contributed by atoms with E-state index in [1.165, 1.54) is 16.0 Å². The largest absolute Gasteiger partial charge is 0.292 e. The van der Waals surface area contributed by atoms with Crippen molar-refractivity contribution >= 4 is 17.1 Å². The number of carbonyl (C=O) groups is 1. The molecule has 0 spiro atoms. The molecule has 2 aromatic rings. The van der Waals surface area contributed by atoms with Crippen molar-refractivity contribution in [1.82, 2.24) is 4.98 Å². The fraction of sp³-hybridized carbons (Fsp3) is 0.333. The summed E-state index contributed by atoms with van der Waals surface area (Å²) in [5.74, 6) is 0.225. The number of hydrogen-bond acceptors (Lipinski definition) is 3. The van der Waals surface area contributed by atoms with Gasteiger partial charge in [0.05, 0.1) is 5.01 Å². The van der Waals surface area contributed by atoms with Crippen LogP contribution < -0.4 is 0 Å². The number of hydrogen-bond donors (Lipinski definition) is 0. The topological polar surface area (TPSA) is 30.0 Å². The predicted octanol–water partition coefficient (Wildman–Crippen LogP) is 3.56. The van der Waals surface area contributed by atoms with Crippen molar-refractivity contribution in [3.8, 4) is 0 Å². The molecule has 0 saturated carbocycles. The van der Waals surface area contributed by atoms with Gasteiger partial charge in [-0.2, -0.15) is 0 Å². The summed E-state index contributed by atoms with van der Waals surface area (Å²) < 4.78 is 0. The summed E-state index contributed by atoms with van der Waals surface area (Å²) >= 11 is 1.71. The highest BCUT2D eigenvalue weighted by molar-refractivity contribution is 7.12. The number of thiazole rings is 1. The molecule has 2 nitrogen and oxygen atoms in total. The van der Waals surface area contributed by atoms with E-state index in [-0.39, 0.29) is 5.78 Å². The summed E-state index contributed by atoms with van der Waals surface area (Å²) in [5, 5.41) is 1.07. The lowest BCUT2D eigenvalue weighted by atomic mass is 10.0. The fourth-order valence-electron chi connectivity index (χ4n) is 2.27. The molecule has 0 unspecified atom stereocenters. The zero-order valence-electron chi connectivity index (χ0n) is 10.4. The number of benzene rings is 1. The molecule has 0 saturated heterocycles. The normalized spacial score (nSPS) is 14.6. The second-order valence-corrected chi connectivity index (χ2v) is 5.99. The number of nitrogens with zero attached hydrogens (tertiary/aromatic N) is 1. The van der Waals surface area contributed by atoms with Gasteiger partial charge in [-0.05, 0) is 25.3 Å². The van der Waals surface area contributed by atoms with Crippen LogP contribution in [0.4, 0.5) is 0 Å². The summed E-state index contributed by atoms with van der Waals surface area (Å²) in [7, 11) is 0. The monoisotopic (exact) mass is 257 g/mol. The van der Waals surface area contributed by atoms with E-state index in [0.717, 1.165) is 30.0 Å². The SMILES string of the molecule is Cc1ccc(Cc2nc3c(s2)CCCC3=O)cc1. The van der Waals surface area contributed by atoms with Gasteiger partial charge in [-0.25, -0.2) is 4.98 Å². The first-order valence-electron chi connectivity index (χ1n) is 6.30. The number of Topliss-reactive ketones (excluding diaryl/α,β-unsaturated/α-hetero) is 1. The van der Waals surface area contributed by atoms with Gasteiger partial charge < -0.3 is 0 Å². The van der Waals surface area contributed by atoms with Gasteiger partial charge in [0, 0.05) is 17.7 Å². The van der Waals surface area contributed by atoms with Crippen LogP contribution in [0.5, 0.6) is 0 Å². The van der Waals surface area contributed by atoms with Gasteiger partial charge in [0.15, 0.2) is 5.78 Å². The molecule has 0 radical (unpaired) electrons. The third-order valence-corrected chi connectivity index (χ3v) is 4.40. The minimum atomic E-state index is 0.225. The molecule has 3 heteroatoms. The molecule has 0 fully saturated rings. The molecule has 92 valence electrons. The third kappa shape index (κ3) is 2.23. The molecule has 18 heavy (non-hydrogen) atoms. The Morgan fingerprint density at radius 1 is 1.22 bits per heavy atom. The maximum Gasteiger partial charge on any atom is 0.182 e. The molecule has 0 atom stereocenters. The van der Waals surface area contributed by atoms with E-state index >= 15 is 0 Å². The number of rotatable bonds is 2. The lowest BCUT2D eigenvalue weighted by Gasteiger charge is -2.06. The zero-order valence-corrected chi connectivity index (χ0v) is 11.2. The Hall–Kier alpha value is -1.48. The van der Waals surface area contributed by atoms with Gasteiger partial charge in [-0.3, -0.25) is 4.79 Å². The van der Waals surface area contributed by atoms with Crippen LogP contribution >= 0.6 is 11.3 Å². The highest BCUT2D eigenvalue weighted by Crippen LogP contribution is 2.27. The molecular weight excluding hydrogens is 242 g/mol. The summed E-state index contributed by atoms with van der Waals surface area (Å²) in [6.45, 7) is 2.09. The van der Waals surface area contributed by atoms with Crippen molar-refractivity contribution in [2.75, 3.05) is 0 Å². The summed E-state index contributed by atoms with van der Waals surface area (Å²) in [5.41, 5.74) is 3.28. The molecule has 0 bridgehead atoms. The Kier molecular flexibility index (Phi) is 3.00. The van der Waals surface area contributed by atoms with Crippen LogP contribution in [0.2, 0.25) is 0 Å². The van der Waals surface area contributed by atoms with E-state index < -0.39 is 0 Å². The van der Waals surface area contributed by atoms with E-state index in [0.29, 0.717) is 6.42 Å². The Morgan fingerprint density at radius 2 is 2.00 bits per heavy atom. The van der Waals surface area contributed by atoms with Gasteiger partial charge in [-0.15, -0.1) is 11.3 Å². The Morgan fingerprint density at radius 3 is 2.72 bits per heavy atom. The molecule has 3 rings (SSSR count). The van der Waals surface area contributed by atoms with Crippen LogP contribution in [0.25, 0.3) is 0 Å². The summed E-state index contributed by atoms with van der Waals surface area (Å²) in [6.07, 6.45) is 3.51. The lowest BCUT2D eigenvalue weighted by Crippen LogP contribution is -2.08. The first-order chi connectivity index (χ1) is 8.72. The quantitative estimate of drug-likeness (QED) is 0.823. The van der Waals surface area contributed by atoms with E-state index in [4.69, 9.17) is 0 Å². The number of fused-ring (bicyclic) bond motifs is 1. The molecule has 0 aliphatic heterocycles. The number of aryl methyl sites for hydroxylation is 2. The third-order valence-electron chi connectivity index (χ3n) is 3.29. The first-order valence-corrected chi connectivity index (χ1v) is 7.11. The van der Waals surface area contributed by atoms with Crippen LogP contribution in [0.15, 0.2) is 24.3 Å². The van der Waals surface area contributed by atoms with E-state index in [1.54, 1.807) is 11.3 Å².